The van der Waals surface area contributed by atoms with Gasteiger partial charge in [-0.25, -0.2) is 4.98 Å². The molecule has 0 radical (unpaired) electrons. The minimum atomic E-state index is 0.186. The summed E-state index contributed by atoms with van der Waals surface area (Å²) in [5, 5.41) is 0. The highest BCUT2D eigenvalue weighted by Crippen LogP contribution is 2.27. The van der Waals surface area contributed by atoms with E-state index in [1.54, 1.807) is 0 Å². The van der Waals surface area contributed by atoms with Crippen molar-refractivity contribution in [3.63, 3.8) is 0 Å². The third-order valence-electron chi connectivity index (χ3n) is 2.33. The van der Waals surface area contributed by atoms with Crippen LogP contribution in [0.1, 0.15) is 26.5 Å². The van der Waals surface area contributed by atoms with Crippen LogP contribution in [0.25, 0.3) is 0 Å². The number of aryl methyl sites for hydroxylation is 1. The minimum absolute atomic E-state index is 0.186. The van der Waals surface area contributed by atoms with Gasteiger partial charge in [-0.1, -0.05) is 26.8 Å². The normalized spacial score (nSPS) is 16.8. The van der Waals surface area contributed by atoms with Gasteiger partial charge in [0.2, 0.25) is 5.88 Å². The van der Waals surface area contributed by atoms with E-state index in [9.17, 15) is 0 Å². The standard InChI is InChI=1S/C11H15NO2.C2H6/c1-9-4-3-5-10(12-9)14-8-11(2)6-13-7-11;1-2/h3-5H,6-8H2,1-2H3;1-2H3. The van der Waals surface area contributed by atoms with Gasteiger partial charge in [-0.3, -0.25) is 0 Å². The predicted octanol–water partition coefficient (Wildman–Crippen LogP) is 2.83. The van der Waals surface area contributed by atoms with Crippen LogP contribution in [0.15, 0.2) is 18.2 Å². The number of pyridine rings is 1. The van der Waals surface area contributed by atoms with Crippen LogP contribution in [0.2, 0.25) is 0 Å². The summed E-state index contributed by atoms with van der Waals surface area (Å²) in [5.74, 6) is 0.707. The molecule has 0 amide bonds. The Labute approximate surface area is 97.8 Å². The van der Waals surface area contributed by atoms with E-state index in [4.69, 9.17) is 9.47 Å². The van der Waals surface area contributed by atoms with Crippen LogP contribution in [-0.2, 0) is 4.74 Å². The molecule has 0 aliphatic carbocycles. The van der Waals surface area contributed by atoms with Gasteiger partial charge in [-0.15, -0.1) is 0 Å². The molecule has 0 N–H and O–H groups in total. The van der Waals surface area contributed by atoms with Crippen molar-refractivity contribution in [3.8, 4) is 5.88 Å². The van der Waals surface area contributed by atoms with Crippen LogP contribution in [0.3, 0.4) is 0 Å². The van der Waals surface area contributed by atoms with Gasteiger partial charge < -0.3 is 9.47 Å². The molecule has 90 valence electrons. The second kappa shape index (κ2) is 5.85. The van der Waals surface area contributed by atoms with Crippen molar-refractivity contribution in [1.29, 1.82) is 0 Å². The zero-order chi connectivity index (χ0) is 12.0. The van der Waals surface area contributed by atoms with Crippen LogP contribution in [0.5, 0.6) is 5.88 Å². The summed E-state index contributed by atoms with van der Waals surface area (Å²) in [4.78, 5) is 4.27. The van der Waals surface area contributed by atoms with Gasteiger partial charge in [0.15, 0.2) is 0 Å². The molecule has 0 spiro atoms. The van der Waals surface area contributed by atoms with Crippen molar-refractivity contribution in [2.24, 2.45) is 5.41 Å². The molecule has 0 atom stereocenters. The molecule has 2 heterocycles. The number of aromatic nitrogens is 1. The second-order valence-corrected chi connectivity index (χ2v) is 4.21. The summed E-state index contributed by atoms with van der Waals surface area (Å²) in [6, 6.07) is 5.80. The third-order valence-corrected chi connectivity index (χ3v) is 2.33. The summed E-state index contributed by atoms with van der Waals surface area (Å²) in [7, 11) is 0. The molecule has 0 aromatic carbocycles. The van der Waals surface area contributed by atoms with Gasteiger partial charge in [-0.05, 0) is 13.0 Å². The van der Waals surface area contributed by atoms with Crippen LogP contribution < -0.4 is 4.74 Å². The molecule has 16 heavy (non-hydrogen) atoms. The predicted molar refractivity (Wildman–Crippen MR) is 64.7 cm³/mol. The molecule has 1 aliphatic heterocycles. The molecular formula is C13H21NO2. The van der Waals surface area contributed by atoms with E-state index in [0.29, 0.717) is 12.5 Å². The van der Waals surface area contributed by atoms with Crippen molar-refractivity contribution < 1.29 is 9.47 Å². The first-order chi connectivity index (χ1) is 7.68. The summed E-state index contributed by atoms with van der Waals surface area (Å²) in [5.41, 5.74) is 1.17. The molecule has 0 bridgehead atoms. The Morgan fingerprint density at radius 2 is 2.06 bits per heavy atom. The Morgan fingerprint density at radius 1 is 1.38 bits per heavy atom. The van der Waals surface area contributed by atoms with Crippen LogP contribution >= 0.6 is 0 Å². The smallest absolute Gasteiger partial charge is 0.213 e. The van der Waals surface area contributed by atoms with E-state index >= 15 is 0 Å². The van der Waals surface area contributed by atoms with Crippen LogP contribution in [0, 0.1) is 12.3 Å². The minimum Gasteiger partial charge on any atom is -0.477 e. The van der Waals surface area contributed by atoms with Gasteiger partial charge in [0.1, 0.15) is 0 Å². The van der Waals surface area contributed by atoms with Crippen molar-refractivity contribution in [3.05, 3.63) is 23.9 Å². The third kappa shape index (κ3) is 3.49. The largest absolute Gasteiger partial charge is 0.477 e. The lowest BCUT2D eigenvalue weighted by atomic mass is 9.90. The zero-order valence-corrected chi connectivity index (χ0v) is 10.6. The van der Waals surface area contributed by atoms with Gasteiger partial charge >= 0.3 is 0 Å². The molecule has 2 rings (SSSR count). The maximum absolute atomic E-state index is 5.60. The Morgan fingerprint density at radius 3 is 2.56 bits per heavy atom. The molecule has 1 saturated heterocycles. The molecular weight excluding hydrogens is 202 g/mol. The SMILES string of the molecule is CC.Cc1cccc(OCC2(C)COC2)n1. The lowest BCUT2D eigenvalue weighted by Gasteiger charge is -2.37. The van der Waals surface area contributed by atoms with E-state index in [-0.39, 0.29) is 5.41 Å². The zero-order valence-electron chi connectivity index (χ0n) is 10.6. The highest BCUT2D eigenvalue weighted by atomic mass is 16.5. The number of hydrogen-bond acceptors (Lipinski definition) is 3. The first-order valence-corrected chi connectivity index (χ1v) is 5.82. The highest BCUT2D eigenvalue weighted by Gasteiger charge is 2.34. The highest BCUT2D eigenvalue weighted by molar-refractivity contribution is 5.14. The first kappa shape index (κ1) is 13.0. The maximum Gasteiger partial charge on any atom is 0.213 e. The second-order valence-electron chi connectivity index (χ2n) is 4.21. The fourth-order valence-corrected chi connectivity index (χ4v) is 1.38. The summed E-state index contributed by atoms with van der Waals surface area (Å²) >= 11 is 0. The average molecular weight is 223 g/mol. The van der Waals surface area contributed by atoms with Crippen molar-refractivity contribution in [1.82, 2.24) is 4.98 Å². The lowest BCUT2D eigenvalue weighted by Crippen LogP contribution is -2.44. The van der Waals surface area contributed by atoms with Crippen molar-refractivity contribution >= 4 is 0 Å². The van der Waals surface area contributed by atoms with Gasteiger partial charge in [0, 0.05) is 17.2 Å². The number of hydrogen-bond donors (Lipinski definition) is 0. The fraction of sp³-hybridized carbons (Fsp3) is 0.615. The Kier molecular flexibility index (Phi) is 4.74. The summed E-state index contributed by atoms with van der Waals surface area (Å²) in [6.07, 6.45) is 0. The van der Waals surface area contributed by atoms with Gasteiger partial charge in [-0.2, -0.15) is 0 Å². The number of ether oxygens (including phenoxy) is 2. The summed E-state index contributed by atoms with van der Waals surface area (Å²) < 4.78 is 10.8. The Bertz CT molecular complexity index is 321. The van der Waals surface area contributed by atoms with E-state index in [0.717, 1.165) is 18.9 Å². The van der Waals surface area contributed by atoms with Crippen molar-refractivity contribution in [2.45, 2.75) is 27.7 Å². The average Bonchev–Trinajstić information content (AvgIpc) is 2.27. The van der Waals surface area contributed by atoms with Gasteiger partial charge in [0.25, 0.3) is 0 Å². The van der Waals surface area contributed by atoms with Crippen molar-refractivity contribution in [2.75, 3.05) is 19.8 Å². The Balaban J connectivity index is 0.000000606. The molecule has 3 nitrogen and oxygen atoms in total. The first-order valence-electron chi connectivity index (χ1n) is 5.82. The molecule has 1 aromatic heterocycles. The Hall–Kier alpha value is -1.09. The molecule has 1 aromatic rings. The molecule has 1 fully saturated rings. The quantitative estimate of drug-likeness (QED) is 0.789. The molecule has 3 heteroatoms. The van der Waals surface area contributed by atoms with E-state index < -0.39 is 0 Å². The maximum atomic E-state index is 5.60. The monoisotopic (exact) mass is 223 g/mol. The topological polar surface area (TPSA) is 31.4 Å². The molecule has 0 unspecified atom stereocenters. The van der Waals surface area contributed by atoms with E-state index in [1.807, 2.05) is 39.0 Å². The number of rotatable bonds is 3. The lowest BCUT2D eigenvalue weighted by molar-refractivity contribution is -0.120. The molecule has 0 saturated carbocycles. The van der Waals surface area contributed by atoms with Crippen LogP contribution in [0.4, 0.5) is 0 Å². The number of nitrogens with zero attached hydrogens (tertiary/aromatic N) is 1. The van der Waals surface area contributed by atoms with E-state index in [2.05, 4.69) is 11.9 Å². The fourth-order valence-electron chi connectivity index (χ4n) is 1.38. The van der Waals surface area contributed by atoms with Crippen LogP contribution in [-0.4, -0.2) is 24.8 Å². The summed E-state index contributed by atoms with van der Waals surface area (Å²) in [6.45, 7) is 10.4. The van der Waals surface area contributed by atoms with Gasteiger partial charge in [0.05, 0.1) is 19.8 Å². The van der Waals surface area contributed by atoms with E-state index in [1.165, 1.54) is 0 Å². The molecule has 1 aliphatic rings.